The van der Waals surface area contributed by atoms with Gasteiger partial charge in [-0.15, -0.1) is 0 Å². The van der Waals surface area contributed by atoms with Gasteiger partial charge in [-0.05, 0) is 30.6 Å². The molecule has 0 bridgehead atoms. The van der Waals surface area contributed by atoms with Crippen LogP contribution in [0.5, 0.6) is 0 Å². The van der Waals surface area contributed by atoms with Crippen LogP contribution < -0.4 is 0 Å². The first kappa shape index (κ1) is 21.8. The summed E-state index contributed by atoms with van der Waals surface area (Å²) in [5, 5.41) is 0.100. The second kappa shape index (κ2) is 8.25. The number of ether oxygens (including phenoxy) is 1. The first-order chi connectivity index (χ1) is 12.5. The van der Waals surface area contributed by atoms with E-state index < -0.39 is 13.9 Å². The van der Waals surface area contributed by atoms with Crippen LogP contribution in [-0.4, -0.2) is 50.3 Å². The predicted octanol–water partition coefficient (Wildman–Crippen LogP) is 3.78. The van der Waals surface area contributed by atoms with Crippen molar-refractivity contribution in [1.29, 1.82) is 0 Å². The molecule has 0 spiro atoms. The third-order valence-electron chi connectivity index (χ3n) is 5.86. The quantitative estimate of drug-likeness (QED) is 0.524. The average molecular weight is 392 g/mol. The summed E-state index contributed by atoms with van der Waals surface area (Å²) in [4.78, 5) is 26.1. The van der Waals surface area contributed by atoms with E-state index in [1.807, 2.05) is 35.2 Å². The summed E-state index contributed by atoms with van der Waals surface area (Å²) >= 11 is 0. The molecule has 0 aliphatic carbocycles. The van der Waals surface area contributed by atoms with Gasteiger partial charge in [-0.3, -0.25) is 4.79 Å². The number of rotatable bonds is 7. The van der Waals surface area contributed by atoms with E-state index in [1.165, 1.54) is 0 Å². The Morgan fingerprint density at radius 1 is 1.30 bits per heavy atom. The van der Waals surface area contributed by atoms with Crippen LogP contribution in [0, 0.1) is 0 Å². The van der Waals surface area contributed by atoms with Crippen LogP contribution in [0.25, 0.3) is 0 Å². The summed E-state index contributed by atoms with van der Waals surface area (Å²) < 4.78 is 12.2. The molecule has 0 aromatic heterocycles. The highest BCUT2D eigenvalue weighted by Gasteiger charge is 2.46. The molecule has 0 saturated carbocycles. The third kappa shape index (κ3) is 5.06. The number of morpholine rings is 1. The van der Waals surface area contributed by atoms with Crippen LogP contribution in [0.4, 0.5) is 0 Å². The molecule has 0 radical (unpaired) electrons. The number of hydrogen-bond acceptors (Lipinski definition) is 4. The largest absolute Gasteiger partial charge is 0.415 e. The maximum Gasteiger partial charge on any atom is 0.255 e. The van der Waals surface area contributed by atoms with E-state index >= 15 is 0 Å². The standard InChI is InChI=1S/C21H33NO4Si/c1-20(2,3)27(5,6)26-16-18-15-25-21(4,12-13-23)19(24)22(18)14-17-10-8-7-9-11-17/h7-11,13,18H,12,14-16H2,1-6H3/t18?,21-/m0/s1. The van der Waals surface area contributed by atoms with Gasteiger partial charge < -0.3 is 18.9 Å². The van der Waals surface area contributed by atoms with Crippen molar-refractivity contribution in [2.24, 2.45) is 0 Å². The van der Waals surface area contributed by atoms with E-state index in [9.17, 15) is 9.59 Å². The van der Waals surface area contributed by atoms with E-state index in [1.54, 1.807) is 6.92 Å². The summed E-state index contributed by atoms with van der Waals surface area (Å²) in [6.07, 6.45) is 0.817. The minimum atomic E-state index is -1.93. The fourth-order valence-corrected chi connectivity index (χ4v) is 3.89. The Morgan fingerprint density at radius 3 is 2.48 bits per heavy atom. The Labute approximate surface area is 164 Å². The fourth-order valence-electron chi connectivity index (χ4n) is 2.85. The average Bonchev–Trinajstić information content (AvgIpc) is 2.59. The molecule has 150 valence electrons. The smallest absolute Gasteiger partial charge is 0.255 e. The number of hydrogen-bond donors (Lipinski definition) is 0. The van der Waals surface area contributed by atoms with Crippen LogP contribution in [0.15, 0.2) is 30.3 Å². The van der Waals surface area contributed by atoms with Crippen LogP contribution >= 0.6 is 0 Å². The molecule has 5 nitrogen and oxygen atoms in total. The Kier molecular flexibility index (Phi) is 6.66. The summed E-state index contributed by atoms with van der Waals surface area (Å²) in [5.74, 6) is -0.145. The van der Waals surface area contributed by atoms with Crippen molar-refractivity contribution in [3.8, 4) is 0 Å². The lowest BCUT2D eigenvalue weighted by Crippen LogP contribution is -2.61. The minimum absolute atomic E-state index is 0.0624. The van der Waals surface area contributed by atoms with Crippen molar-refractivity contribution >= 4 is 20.5 Å². The summed E-state index contributed by atoms with van der Waals surface area (Å²) in [7, 11) is -1.93. The van der Waals surface area contributed by atoms with Crippen molar-refractivity contribution in [2.45, 2.75) is 70.4 Å². The monoisotopic (exact) mass is 391 g/mol. The Balaban J connectivity index is 2.21. The summed E-state index contributed by atoms with van der Waals surface area (Å²) in [5.41, 5.74) is -0.0391. The molecule has 6 heteroatoms. The predicted molar refractivity (Wildman–Crippen MR) is 109 cm³/mol. The lowest BCUT2D eigenvalue weighted by Gasteiger charge is -2.45. The van der Waals surface area contributed by atoms with E-state index in [0.717, 1.165) is 11.8 Å². The number of benzene rings is 1. The molecule has 1 aromatic rings. The number of aldehydes is 1. The molecular formula is C21H33NO4Si. The third-order valence-corrected chi connectivity index (χ3v) is 10.4. The number of carbonyl (C=O) groups is 2. The number of nitrogens with zero attached hydrogens (tertiary/aromatic N) is 1. The molecule has 2 atom stereocenters. The maximum absolute atomic E-state index is 13.2. The lowest BCUT2D eigenvalue weighted by molar-refractivity contribution is -0.181. The zero-order chi connectivity index (χ0) is 20.3. The molecule has 1 unspecified atom stereocenters. The Hall–Kier alpha value is -1.50. The zero-order valence-electron chi connectivity index (χ0n) is 17.5. The molecule has 1 fully saturated rings. The van der Waals surface area contributed by atoms with Gasteiger partial charge in [0.1, 0.15) is 6.29 Å². The van der Waals surface area contributed by atoms with Crippen molar-refractivity contribution < 1.29 is 18.8 Å². The van der Waals surface area contributed by atoms with Crippen LogP contribution in [-0.2, 0) is 25.3 Å². The lowest BCUT2D eigenvalue weighted by atomic mass is 9.96. The van der Waals surface area contributed by atoms with Crippen LogP contribution in [0.3, 0.4) is 0 Å². The molecule has 1 aromatic carbocycles. The van der Waals surface area contributed by atoms with Gasteiger partial charge in [0.2, 0.25) is 0 Å². The van der Waals surface area contributed by atoms with Crippen LogP contribution in [0.1, 0.15) is 39.7 Å². The van der Waals surface area contributed by atoms with Crippen LogP contribution in [0.2, 0.25) is 18.1 Å². The Morgan fingerprint density at radius 2 is 1.93 bits per heavy atom. The van der Waals surface area contributed by atoms with Crippen molar-refractivity contribution in [2.75, 3.05) is 13.2 Å². The van der Waals surface area contributed by atoms with E-state index in [0.29, 0.717) is 19.8 Å². The molecule has 1 amide bonds. The number of carbonyl (C=O) groups excluding carboxylic acids is 2. The minimum Gasteiger partial charge on any atom is -0.415 e. The van der Waals surface area contributed by atoms with Crippen molar-refractivity contribution in [1.82, 2.24) is 4.90 Å². The SMILES string of the molecule is CC(C)(C)[Si](C)(C)OCC1CO[C@@](C)(CC=O)C(=O)N1Cc1ccccc1. The molecule has 1 aliphatic heterocycles. The molecule has 27 heavy (non-hydrogen) atoms. The first-order valence-electron chi connectivity index (χ1n) is 9.57. The molecule has 1 aliphatic rings. The highest BCUT2D eigenvalue weighted by atomic mass is 28.4. The van der Waals surface area contributed by atoms with Gasteiger partial charge in [0, 0.05) is 13.0 Å². The normalized spacial score (nSPS) is 24.1. The number of amides is 1. The van der Waals surface area contributed by atoms with Crippen molar-refractivity contribution in [3.63, 3.8) is 0 Å². The van der Waals surface area contributed by atoms with Crippen molar-refractivity contribution in [3.05, 3.63) is 35.9 Å². The van der Waals surface area contributed by atoms with Gasteiger partial charge in [0.25, 0.3) is 5.91 Å². The topological polar surface area (TPSA) is 55.8 Å². The molecule has 1 heterocycles. The van der Waals surface area contributed by atoms with E-state index in [2.05, 4.69) is 33.9 Å². The van der Waals surface area contributed by atoms with Gasteiger partial charge in [-0.25, -0.2) is 0 Å². The Bertz CT molecular complexity index is 656. The highest BCUT2D eigenvalue weighted by Crippen LogP contribution is 2.37. The maximum atomic E-state index is 13.2. The van der Waals surface area contributed by atoms with Gasteiger partial charge >= 0.3 is 0 Å². The highest BCUT2D eigenvalue weighted by molar-refractivity contribution is 6.74. The second-order valence-corrected chi connectivity index (χ2v) is 13.9. The summed E-state index contributed by atoms with van der Waals surface area (Å²) in [6.45, 7) is 14.0. The fraction of sp³-hybridized carbons (Fsp3) is 0.619. The molecular weight excluding hydrogens is 358 g/mol. The zero-order valence-corrected chi connectivity index (χ0v) is 18.5. The second-order valence-electron chi connectivity index (χ2n) is 9.06. The van der Waals surface area contributed by atoms with Gasteiger partial charge in [0.15, 0.2) is 13.9 Å². The first-order valence-corrected chi connectivity index (χ1v) is 12.5. The van der Waals surface area contributed by atoms with Gasteiger partial charge in [-0.1, -0.05) is 51.1 Å². The molecule has 0 N–H and O–H groups in total. The molecule has 2 rings (SSSR count). The van der Waals surface area contributed by atoms with E-state index in [-0.39, 0.29) is 23.4 Å². The van der Waals surface area contributed by atoms with Gasteiger partial charge in [-0.2, -0.15) is 0 Å². The summed E-state index contributed by atoms with van der Waals surface area (Å²) in [6, 6.07) is 9.74. The van der Waals surface area contributed by atoms with Gasteiger partial charge in [0.05, 0.1) is 19.3 Å². The molecule has 1 saturated heterocycles. The van der Waals surface area contributed by atoms with E-state index in [4.69, 9.17) is 9.16 Å².